The van der Waals surface area contributed by atoms with Gasteiger partial charge in [-0.1, -0.05) is 29.3 Å². The number of thiocarbonyl (C=S) groups is 1. The first kappa shape index (κ1) is 21.1. The van der Waals surface area contributed by atoms with Gasteiger partial charge in [-0.3, -0.25) is 10.1 Å². The molecule has 6 nitrogen and oxygen atoms in total. The summed E-state index contributed by atoms with van der Waals surface area (Å²) in [6.07, 6.45) is 0. The first-order valence-electron chi connectivity index (χ1n) is 9.05. The third-order valence-corrected chi connectivity index (χ3v) is 5.31. The summed E-state index contributed by atoms with van der Waals surface area (Å²) in [4.78, 5) is 16.9. The van der Waals surface area contributed by atoms with Gasteiger partial charge in [0, 0.05) is 16.8 Å². The summed E-state index contributed by atoms with van der Waals surface area (Å²) in [7, 11) is 1.60. The van der Waals surface area contributed by atoms with Crippen LogP contribution >= 0.6 is 35.4 Å². The number of anilines is 1. The molecule has 0 bridgehead atoms. The monoisotopic (exact) mass is 471 g/mol. The lowest BCUT2D eigenvalue weighted by molar-refractivity contribution is 0.0977. The van der Waals surface area contributed by atoms with Crippen molar-refractivity contribution in [3.63, 3.8) is 0 Å². The second-order valence-corrected chi connectivity index (χ2v) is 7.69. The summed E-state index contributed by atoms with van der Waals surface area (Å²) < 4.78 is 11.1. The average molecular weight is 472 g/mol. The Morgan fingerprint density at radius 1 is 1.06 bits per heavy atom. The smallest absolute Gasteiger partial charge is 0.257 e. The van der Waals surface area contributed by atoms with Crippen LogP contribution in [0.15, 0.2) is 65.1 Å². The highest BCUT2D eigenvalue weighted by Crippen LogP contribution is 2.28. The van der Waals surface area contributed by atoms with E-state index in [4.69, 9.17) is 44.6 Å². The molecule has 0 unspecified atom stereocenters. The molecule has 1 heterocycles. The molecule has 0 aliphatic heterocycles. The second kappa shape index (κ2) is 8.93. The number of hydrogen-bond acceptors (Lipinski definition) is 5. The van der Waals surface area contributed by atoms with Gasteiger partial charge < -0.3 is 14.5 Å². The Hall–Kier alpha value is -3.13. The molecule has 1 amide bonds. The van der Waals surface area contributed by atoms with Gasteiger partial charge in [0.25, 0.3) is 5.91 Å². The number of ether oxygens (including phenoxy) is 1. The van der Waals surface area contributed by atoms with Crippen LogP contribution in [0.3, 0.4) is 0 Å². The number of nitrogens with zero attached hydrogens (tertiary/aromatic N) is 1. The zero-order valence-electron chi connectivity index (χ0n) is 16.1. The summed E-state index contributed by atoms with van der Waals surface area (Å²) in [5.74, 6) is 0.783. The Kier molecular flexibility index (Phi) is 6.08. The third kappa shape index (κ3) is 4.80. The highest BCUT2D eigenvalue weighted by molar-refractivity contribution is 7.80. The number of nitrogens with one attached hydrogen (secondary N) is 2. The molecule has 0 saturated carbocycles. The molecule has 4 aromatic rings. The Balaban J connectivity index is 1.48. The van der Waals surface area contributed by atoms with Crippen molar-refractivity contribution in [1.82, 2.24) is 10.3 Å². The summed E-state index contributed by atoms with van der Waals surface area (Å²) in [6.45, 7) is 0. The van der Waals surface area contributed by atoms with E-state index >= 15 is 0 Å². The van der Waals surface area contributed by atoms with Gasteiger partial charge in [0.1, 0.15) is 11.3 Å². The maximum absolute atomic E-state index is 12.4. The van der Waals surface area contributed by atoms with E-state index < -0.39 is 5.91 Å². The molecule has 1 aromatic heterocycles. The molecule has 0 atom stereocenters. The molecular formula is C22H15Cl2N3O3S. The van der Waals surface area contributed by atoms with Gasteiger partial charge in [0.2, 0.25) is 5.89 Å². The Labute approximate surface area is 193 Å². The van der Waals surface area contributed by atoms with Crippen LogP contribution in [0.5, 0.6) is 5.75 Å². The molecule has 0 saturated heterocycles. The van der Waals surface area contributed by atoms with Crippen molar-refractivity contribution in [3.05, 3.63) is 76.3 Å². The number of oxazole rings is 1. The second-order valence-electron chi connectivity index (χ2n) is 6.47. The van der Waals surface area contributed by atoms with Gasteiger partial charge in [-0.25, -0.2) is 4.98 Å². The van der Waals surface area contributed by atoms with Crippen molar-refractivity contribution in [1.29, 1.82) is 0 Å². The number of carbonyl (C=O) groups excluding carboxylic acids is 1. The van der Waals surface area contributed by atoms with E-state index in [1.807, 2.05) is 24.3 Å². The molecule has 0 radical (unpaired) electrons. The van der Waals surface area contributed by atoms with Crippen molar-refractivity contribution in [2.75, 3.05) is 12.4 Å². The van der Waals surface area contributed by atoms with Crippen LogP contribution in [0, 0.1) is 0 Å². The number of aromatic nitrogens is 1. The van der Waals surface area contributed by atoms with Crippen LogP contribution in [0.4, 0.5) is 5.69 Å². The molecule has 4 rings (SSSR count). The first-order chi connectivity index (χ1) is 14.9. The standard InChI is InChI=1S/C22H15Cl2N3O3S/c1-29-15-4-2-3-13(9-15)21-26-18-11-14(6-8-19(18)30-21)25-22(31)27-20(28)12-5-7-16(23)17(24)10-12/h2-11H,1H3,(H2,25,27,28,31). The number of halogens is 2. The molecule has 0 fully saturated rings. The Bertz CT molecular complexity index is 1310. The fourth-order valence-electron chi connectivity index (χ4n) is 2.86. The van der Waals surface area contributed by atoms with Crippen LogP contribution in [0.25, 0.3) is 22.6 Å². The number of methoxy groups -OCH3 is 1. The van der Waals surface area contributed by atoms with Gasteiger partial charge in [-0.2, -0.15) is 0 Å². The largest absolute Gasteiger partial charge is 0.497 e. The van der Waals surface area contributed by atoms with Crippen molar-refractivity contribution >= 4 is 63.2 Å². The number of hydrogen-bond donors (Lipinski definition) is 2. The van der Waals surface area contributed by atoms with Crippen molar-refractivity contribution < 1.29 is 13.9 Å². The molecule has 0 aliphatic rings. The van der Waals surface area contributed by atoms with E-state index in [1.165, 1.54) is 6.07 Å². The fraction of sp³-hybridized carbons (Fsp3) is 0.0455. The lowest BCUT2D eigenvalue weighted by atomic mass is 10.2. The van der Waals surface area contributed by atoms with Crippen LogP contribution in [-0.4, -0.2) is 23.1 Å². The molecule has 156 valence electrons. The molecular weight excluding hydrogens is 457 g/mol. The lowest BCUT2D eigenvalue weighted by Crippen LogP contribution is -2.34. The van der Waals surface area contributed by atoms with Gasteiger partial charge in [-0.15, -0.1) is 0 Å². The number of benzene rings is 3. The van der Waals surface area contributed by atoms with Crippen LogP contribution in [0.1, 0.15) is 10.4 Å². The van der Waals surface area contributed by atoms with Crippen LogP contribution in [0.2, 0.25) is 10.0 Å². The molecule has 3 aromatic carbocycles. The minimum absolute atomic E-state index is 0.131. The fourth-order valence-corrected chi connectivity index (χ4v) is 3.37. The summed E-state index contributed by atoms with van der Waals surface area (Å²) in [5.41, 5.74) is 3.05. The Morgan fingerprint density at radius 2 is 1.90 bits per heavy atom. The van der Waals surface area contributed by atoms with Crippen molar-refractivity contribution in [2.24, 2.45) is 0 Å². The molecule has 0 aliphatic carbocycles. The van der Waals surface area contributed by atoms with Crippen LogP contribution in [-0.2, 0) is 0 Å². The zero-order valence-corrected chi connectivity index (χ0v) is 18.4. The minimum Gasteiger partial charge on any atom is -0.497 e. The van der Waals surface area contributed by atoms with E-state index in [2.05, 4.69) is 15.6 Å². The van der Waals surface area contributed by atoms with E-state index in [0.29, 0.717) is 39.0 Å². The Morgan fingerprint density at radius 3 is 2.68 bits per heavy atom. The van der Waals surface area contributed by atoms with E-state index in [1.54, 1.807) is 37.4 Å². The van der Waals surface area contributed by atoms with Crippen molar-refractivity contribution in [2.45, 2.75) is 0 Å². The maximum Gasteiger partial charge on any atom is 0.257 e. The summed E-state index contributed by atoms with van der Waals surface area (Å²) >= 11 is 17.1. The summed E-state index contributed by atoms with van der Waals surface area (Å²) in [6, 6.07) is 17.4. The van der Waals surface area contributed by atoms with Gasteiger partial charge in [0.15, 0.2) is 10.7 Å². The maximum atomic E-state index is 12.4. The number of fused-ring (bicyclic) bond motifs is 1. The molecule has 2 N–H and O–H groups in total. The number of rotatable bonds is 4. The normalized spacial score (nSPS) is 10.7. The van der Waals surface area contributed by atoms with Gasteiger partial charge >= 0.3 is 0 Å². The minimum atomic E-state index is -0.404. The molecule has 0 spiro atoms. The summed E-state index contributed by atoms with van der Waals surface area (Å²) in [5, 5.41) is 6.36. The van der Waals surface area contributed by atoms with Gasteiger partial charge in [0.05, 0.1) is 17.2 Å². The predicted molar refractivity (Wildman–Crippen MR) is 126 cm³/mol. The lowest BCUT2D eigenvalue weighted by Gasteiger charge is -2.10. The highest BCUT2D eigenvalue weighted by Gasteiger charge is 2.12. The SMILES string of the molecule is COc1cccc(-c2nc3cc(NC(=S)NC(=O)c4ccc(Cl)c(Cl)c4)ccc3o2)c1. The first-order valence-corrected chi connectivity index (χ1v) is 10.2. The highest BCUT2D eigenvalue weighted by atomic mass is 35.5. The van der Waals surface area contributed by atoms with Crippen molar-refractivity contribution in [3.8, 4) is 17.2 Å². The topological polar surface area (TPSA) is 76.4 Å². The average Bonchev–Trinajstić information content (AvgIpc) is 3.19. The number of amides is 1. The van der Waals surface area contributed by atoms with E-state index in [-0.39, 0.29) is 10.1 Å². The zero-order chi connectivity index (χ0) is 22.0. The van der Waals surface area contributed by atoms with E-state index in [9.17, 15) is 4.79 Å². The number of carbonyl (C=O) groups is 1. The van der Waals surface area contributed by atoms with Crippen LogP contribution < -0.4 is 15.4 Å². The predicted octanol–water partition coefficient (Wildman–Crippen LogP) is 5.94. The molecule has 31 heavy (non-hydrogen) atoms. The van der Waals surface area contributed by atoms with E-state index in [0.717, 1.165) is 5.56 Å². The quantitative estimate of drug-likeness (QED) is 0.358. The van der Waals surface area contributed by atoms with Gasteiger partial charge in [-0.05, 0) is 66.8 Å². The third-order valence-electron chi connectivity index (χ3n) is 4.37. The molecule has 9 heteroatoms.